The number of hydrogen-bond acceptors (Lipinski definition) is 4. The SMILES string of the molecule is COc1ccc(C(=O)N2CCc3cc(S(=O)(=O)N4CCCC4)ccc32)cc1C. The van der Waals surface area contributed by atoms with Crippen molar-refractivity contribution in [2.45, 2.75) is 31.1 Å². The first kappa shape index (κ1) is 19.0. The molecule has 1 amide bonds. The third kappa shape index (κ3) is 3.18. The van der Waals surface area contributed by atoms with Gasteiger partial charge in [0, 0.05) is 30.9 Å². The molecule has 1 saturated heterocycles. The summed E-state index contributed by atoms with van der Waals surface area (Å²) >= 11 is 0. The number of aryl methyl sites for hydroxylation is 1. The third-order valence-corrected chi connectivity index (χ3v) is 7.43. The quantitative estimate of drug-likeness (QED) is 0.791. The van der Waals surface area contributed by atoms with Crippen molar-refractivity contribution in [3.8, 4) is 5.75 Å². The van der Waals surface area contributed by atoms with E-state index in [0.29, 0.717) is 36.5 Å². The predicted molar refractivity (Wildman–Crippen MR) is 108 cm³/mol. The molecule has 0 saturated carbocycles. The number of nitrogens with zero attached hydrogens (tertiary/aromatic N) is 2. The summed E-state index contributed by atoms with van der Waals surface area (Å²) in [6.45, 7) is 3.62. The highest BCUT2D eigenvalue weighted by Crippen LogP contribution is 2.33. The standard InChI is InChI=1S/C21H24N2O4S/c1-15-13-17(5-8-20(15)27-2)21(24)23-12-9-16-14-18(6-7-19(16)23)28(25,26)22-10-3-4-11-22/h5-8,13-14H,3-4,9-12H2,1-2H3. The molecule has 0 N–H and O–H groups in total. The molecule has 0 unspecified atom stereocenters. The summed E-state index contributed by atoms with van der Waals surface area (Å²) in [6, 6.07) is 10.5. The van der Waals surface area contributed by atoms with Gasteiger partial charge >= 0.3 is 0 Å². The fourth-order valence-electron chi connectivity index (χ4n) is 3.99. The topological polar surface area (TPSA) is 66.9 Å². The predicted octanol–water partition coefficient (Wildman–Crippen LogP) is 2.99. The van der Waals surface area contributed by atoms with E-state index < -0.39 is 10.0 Å². The Morgan fingerprint density at radius 3 is 2.46 bits per heavy atom. The zero-order valence-corrected chi connectivity index (χ0v) is 17.0. The van der Waals surface area contributed by atoms with E-state index in [4.69, 9.17) is 4.74 Å². The molecule has 0 atom stereocenters. The largest absolute Gasteiger partial charge is 0.496 e. The van der Waals surface area contributed by atoms with Gasteiger partial charge in [-0.1, -0.05) is 0 Å². The van der Waals surface area contributed by atoms with Gasteiger partial charge in [0.25, 0.3) is 5.91 Å². The molecule has 4 rings (SSSR count). The fraction of sp³-hybridized carbons (Fsp3) is 0.381. The fourth-order valence-corrected chi connectivity index (χ4v) is 5.56. The van der Waals surface area contributed by atoms with Crippen molar-refractivity contribution in [3.63, 3.8) is 0 Å². The van der Waals surface area contributed by atoms with E-state index in [1.807, 2.05) is 13.0 Å². The van der Waals surface area contributed by atoms with Crippen LogP contribution < -0.4 is 9.64 Å². The lowest BCUT2D eigenvalue weighted by molar-refractivity contribution is 0.0989. The van der Waals surface area contributed by atoms with Crippen LogP contribution in [0, 0.1) is 6.92 Å². The van der Waals surface area contributed by atoms with E-state index in [1.165, 1.54) is 0 Å². The van der Waals surface area contributed by atoms with Gasteiger partial charge in [0.15, 0.2) is 0 Å². The van der Waals surface area contributed by atoms with Gasteiger partial charge in [-0.2, -0.15) is 4.31 Å². The summed E-state index contributed by atoms with van der Waals surface area (Å²) in [4.78, 5) is 15.1. The molecule has 2 aromatic rings. The number of anilines is 1. The van der Waals surface area contributed by atoms with E-state index in [-0.39, 0.29) is 5.91 Å². The Balaban J connectivity index is 1.61. The van der Waals surface area contributed by atoms with Crippen molar-refractivity contribution >= 4 is 21.6 Å². The lowest BCUT2D eigenvalue weighted by atomic mass is 10.1. The normalized spacial score (nSPS) is 17.0. The highest BCUT2D eigenvalue weighted by atomic mass is 32.2. The van der Waals surface area contributed by atoms with Crippen LogP contribution in [0.3, 0.4) is 0 Å². The molecule has 0 spiro atoms. The lowest BCUT2D eigenvalue weighted by Gasteiger charge is -2.19. The van der Waals surface area contributed by atoms with E-state index in [9.17, 15) is 13.2 Å². The van der Waals surface area contributed by atoms with Crippen LogP contribution in [0.15, 0.2) is 41.3 Å². The van der Waals surface area contributed by atoms with Gasteiger partial charge in [0.1, 0.15) is 5.75 Å². The van der Waals surface area contributed by atoms with Gasteiger partial charge in [0.05, 0.1) is 12.0 Å². The van der Waals surface area contributed by atoms with Gasteiger partial charge in [-0.25, -0.2) is 8.42 Å². The van der Waals surface area contributed by atoms with Gasteiger partial charge in [0.2, 0.25) is 10.0 Å². The number of rotatable bonds is 4. The van der Waals surface area contributed by atoms with Crippen LogP contribution >= 0.6 is 0 Å². The maximum atomic E-state index is 13.0. The first-order valence-corrected chi connectivity index (χ1v) is 11.0. The molecule has 148 valence electrons. The average molecular weight is 401 g/mol. The number of carbonyl (C=O) groups is 1. The molecule has 2 aromatic carbocycles. The van der Waals surface area contributed by atoms with E-state index in [2.05, 4.69) is 0 Å². The average Bonchev–Trinajstić information content (AvgIpc) is 3.37. The van der Waals surface area contributed by atoms with Crippen LogP contribution in [-0.4, -0.2) is 45.4 Å². The van der Waals surface area contributed by atoms with Crippen LogP contribution in [0.25, 0.3) is 0 Å². The van der Waals surface area contributed by atoms with Crippen molar-refractivity contribution < 1.29 is 17.9 Å². The summed E-state index contributed by atoms with van der Waals surface area (Å²) in [5.41, 5.74) is 3.19. The van der Waals surface area contributed by atoms with Crippen molar-refractivity contribution in [3.05, 3.63) is 53.1 Å². The molecule has 2 heterocycles. The molecule has 2 aliphatic rings. The lowest BCUT2D eigenvalue weighted by Crippen LogP contribution is -2.29. The zero-order chi connectivity index (χ0) is 19.9. The Morgan fingerprint density at radius 2 is 1.79 bits per heavy atom. The minimum Gasteiger partial charge on any atom is -0.496 e. The number of methoxy groups -OCH3 is 1. The molecule has 7 heteroatoms. The molecular formula is C21H24N2O4S. The van der Waals surface area contributed by atoms with E-state index in [0.717, 1.165) is 35.4 Å². The Kier molecular flexibility index (Phi) is 4.89. The Hall–Kier alpha value is -2.38. The van der Waals surface area contributed by atoms with E-state index >= 15 is 0 Å². The number of hydrogen-bond donors (Lipinski definition) is 0. The second kappa shape index (κ2) is 7.22. The minimum atomic E-state index is -3.45. The second-order valence-corrected chi connectivity index (χ2v) is 9.23. The number of benzene rings is 2. The monoisotopic (exact) mass is 400 g/mol. The van der Waals surface area contributed by atoms with Crippen LogP contribution in [0.2, 0.25) is 0 Å². The second-order valence-electron chi connectivity index (χ2n) is 7.29. The van der Waals surface area contributed by atoms with Gasteiger partial charge in [-0.05, 0) is 73.7 Å². The Morgan fingerprint density at radius 1 is 1.04 bits per heavy atom. The molecule has 28 heavy (non-hydrogen) atoms. The molecule has 6 nitrogen and oxygen atoms in total. The third-order valence-electron chi connectivity index (χ3n) is 5.54. The van der Waals surface area contributed by atoms with Crippen molar-refractivity contribution in [1.29, 1.82) is 0 Å². The number of fused-ring (bicyclic) bond motifs is 1. The Labute approximate surface area is 165 Å². The van der Waals surface area contributed by atoms with Crippen LogP contribution in [-0.2, 0) is 16.4 Å². The molecule has 0 radical (unpaired) electrons. The van der Waals surface area contributed by atoms with E-state index in [1.54, 1.807) is 46.6 Å². The van der Waals surface area contributed by atoms with Crippen LogP contribution in [0.1, 0.15) is 34.3 Å². The minimum absolute atomic E-state index is 0.0837. The highest BCUT2D eigenvalue weighted by Gasteiger charge is 2.31. The summed E-state index contributed by atoms with van der Waals surface area (Å²) < 4.78 is 32.4. The number of amides is 1. The molecule has 0 bridgehead atoms. The summed E-state index contributed by atoms with van der Waals surface area (Å²) in [6.07, 6.45) is 2.47. The van der Waals surface area contributed by atoms with Gasteiger partial charge in [-0.15, -0.1) is 0 Å². The molecule has 1 fully saturated rings. The van der Waals surface area contributed by atoms with Gasteiger partial charge < -0.3 is 9.64 Å². The summed E-state index contributed by atoms with van der Waals surface area (Å²) in [5, 5.41) is 0. The molecule has 0 aromatic heterocycles. The first-order chi connectivity index (χ1) is 13.4. The van der Waals surface area contributed by atoms with Crippen LogP contribution in [0.5, 0.6) is 5.75 Å². The first-order valence-electron chi connectivity index (χ1n) is 9.51. The maximum Gasteiger partial charge on any atom is 0.258 e. The van der Waals surface area contributed by atoms with Crippen molar-refractivity contribution in [2.75, 3.05) is 31.6 Å². The number of ether oxygens (including phenoxy) is 1. The number of carbonyl (C=O) groups excluding carboxylic acids is 1. The van der Waals surface area contributed by atoms with Crippen molar-refractivity contribution in [1.82, 2.24) is 4.31 Å². The summed E-state index contributed by atoms with van der Waals surface area (Å²) in [5.74, 6) is 0.662. The summed E-state index contributed by atoms with van der Waals surface area (Å²) in [7, 11) is -1.84. The zero-order valence-electron chi connectivity index (χ0n) is 16.1. The molecular weight excluding hydrogens is 376 g/mol. The van der Waals surface area contributed by atoms with Crippen molar-refractivity contribution in [2.24, 2.45) is 0 Å². The maximum absolute atomic E-state index is 13.0. The Bertz CT molecular complexity index is 1030. The molecule has 2 aliphatic heterocycles. The van der Waals surface area contributed by atoms with Crippen LogP contribution in [0.4, 0.5) is 5.69 Å². The molecule has 0 aliphatic carbocycles. The van der Waals surface area contributed by atoms with Gasteiger partial charge in [-0.3, -0.25) is 4.79 Å². The highest BCUT2D eigenvalue weighted by molar-refractivity contribution is 7.89. The number of sulfonamides is 1. The smallest absolute Gasteiger partial charge is 0.258 e.